The van der Waals surface area contributed by atoms with Crippen molar-refractivity contribution in [3.05, 3.63) is 0 Å². The molecule has 2 atom stereocenters. The molecule has 1 N–H and O–H groups in total. The lowest BCUT2D eigenvalue weighted by Gasteiger charge is -2.42. The topological polar surface area (TPSA) is 54.0 Å². The monoisotopic (exact) mass is 339 g/mol. The maximum Gasteiger partial charge on any atom is 0.317 e. The molecule has 0 radical (unpaired) electrons. The smallest absolute Gasteiger partial charge is 0.317 e. The Morgan fingerprint density at radius 3 is 2.62 bits per heavy atom. The van der Waals surface area contributed by atoms with Gasteiger partial charge in [0, 0.05) is 38.1 Å². The molecule has 2 amide bonds. The Hall–Kier alpha value is -0.850. The zero-order chi connectivity index (χ0) is 17.2. The van der Waals surface area contributed by atoms with Gasteiger partial charge >= 0.3 is 6.03 Å². The van der Waals surface area contributed by atoms with E-state index >= 15 is 0 Å². The van der Waals surface area contributed by atoms with Crippen LogP contribution in [0.1, 0.15) is 39.0 Å². The Bertz CT molecular complexity index is 451. The zero-order valence-electron chi connectivity index (χ0n) is 15.5. The number of carbonyl (C=O) groups excluding carboxylic acids is 1. The number of rotatable bonds is 4. The highest BCUT2D eigenvalue weighted by atomic mass is 16.6. The van der Waals surface area contributed by atoms with Crippen LogP contribution in [0, 0.1) is 5.41 Å². The van der Waals surface area contributed by atoms with Crippen LogP contribution in [0.2, 0.25) is 0 Å². The standard InChI is InChI=1S/C18H33N3O3/c1-15-18(8-10-23-15)14-21(9-11-24-18)16(22)19-12-17(13-20(2)3)6-4-5-7-17/h15H,4-14H2,1-3H3,(H,19,22)/t15-,18+/m0/s1. The SMILES string of the molecule is C[C@@H]1OCC[C@@]12CN(C(=O)NCC1(CN(C)C)CCCC1)CCO2. The summed E-state index contributed by atoms with van der Waals surface area (Å²) < 4.78 is 11.7. The van der Waals surface area contributed by atoms with Crippen LogP contribution in [0.4, 0.5) is 4.79 Å². The Balaban J connectivity index is 1.56. The summed E-state index contributed by atoms with van der Waals surface area (Å²) in [7, 11) is 4.24. The molecule has 138 valence electrons. The lowest BCUT2D eigenvalue weighted by atomic mass is 9.85. The highest BCUT2D eigenvalue weighted by Crippen LogP contribution is 2.38. The van der Waals surface area contributed by atoms with E-state index in [4.69, 9.17) is 9.47 Å². The average molecular weight is 339 g/mol. The number of morpholine rings is 1. The van der Waals surface area contributed by atoms with E-state index in [1.807, 2.05) is 4.90 Å². The minimum atomic E-state index is -0.301. The number of nitrogens with zero attached hydrogens (tertiary/aromatic N) is 2. The van der Waals surface area contributed by atoms with E-state index in [2.05, 4.69) is 31.2 Å². The van der Waals surface area contributed by atoms with E-state index < -0.39 is 0 Å². The fraction of sp³-hybridized carbons (Fsp3) is 0.944. The summed E-state index contributed by atoms with van der Waals surface area (Å²) in [5.41, 5.74) is -0.0584. The van der Waals surface area contributed by atoms with Crippen molar-refractivity contribution in [2.24, 2.45) is 5.41 Å². The van der Waals surface area contributed by atoms with Gasteiger partial charge in [0.1, 0.15) is 5.60 Å². The molecular weight excluding hydrogens is 306 g/mol. The molecule has 0 aromatic carbocycles. The molecule has 0 bridgehead atoms. The van der Waals surface area contributed by atoms with E-state index in [0.29, 0.717) is 19.7 Å². The van der Waals surface area contributed by atoms with Crippen LogP contribution in [0.15, 0.2) is 0 Å². The average Bonchev–Trinajstić information content (AvgIpc) is 3.13. The summed E-state index contributed by atoms with van der Waals surface area (Å²) in [6, 6.07) is 0.0572. The third-order valence-electron chi connectivity index (χ3n) is 6.06. The molecule has 0 aromatic heterocycles. The molecule has 3 aliphatic rings. The first-order valence-electron chi connectivity index (χ1n) is 9.38. The molecule has 0 unspecified atom stereocenters. The normalized spacial score (nSPS) is 32.7. The van der Waals surface area contributed by atoms with Crippen molar-refractivity contribution in [1.29, 1.82) is 0 Å². The van der Waals surface area contributed by atoms with Gasteiger partial charge in [-0.25, -0.2) is 4.79 Å². The second-order valence-electron chi connectivity index (χ2n) is 8.20. The lowest BCUT2D eigenvalue weighted by Crippen LogP contribution is -2.59. The highest BCUT2D eigenvalue weighted by Gasteiger charge is 2.47. The van der Waals surface area contributed by atoms with Crippen LogP contribution in [0.3, 0.4) is 0 Å². The zero-order valence-corrected chi connectivity index (χ0v) is 15.5. The third kappa shape index (κ3) is 3.70. The molecular formula is C18H33N3O3. The summed E-state index contributed by atoms with van der Waals surface area (Å²) in [5.74, 6) is 0. The van der Waals surface area contributed by atoms with Gasteiger partial charge in [-0.05, 0) is 33.9 Å². The largest absolute Gasteiger partial charge is 0.375 e. The number of hydrogen-bond donors (Lipinski definition) is 1. The van der Waals surface area contributed by atoms with Crippen molar-refractivity contribution in [3.63, 3.8) is 0 Å². The fourth-order valence-corrected chi connectivity index (χ4v) is 4.70. The highest BCUT2D eigenvalue weighted by molar-refractivity contribution is 5.74. The van der Waals surface area contributed by atoms with Gasteiger partial charge < -0.3 is 24.6 Å². The Kier molecular flexibility index (Phi) is 5.37. The van der Waals surface area contributed by atoms with Crippen LogP contribution in [0.25, 0.3) is 0 Å². The predicted molar refractivity (Wildman–Crippen MR) is 93.1 cm³/mol. The molecule has 1 saturated carbocycles. The van der Waals surface area contributed by atoms with E-state index in [1.54, 1.807) is 0 Å². The first-order chi connectivity index (χ1) is 11.4. The maximum atomic E-state index is 12.7. The first-order valence-corrected chi connectivity index (χ1v) is 9.38. The van der Waals surface area contributed by atoms with Crippen molar-refractivity contribution in [1.82, 2.24) is 15.1 Å². The minimum Gasteiger partial charge on any atom is -0.375 e. The Labute approximate surface area is 145 Å². The van der Waals surface area contributed by atoms with Gasteiger partial charge in [-0.1, -0.05) is 12.8 Å². The molecule has 0 aromatic rings. The number of carbonyl (C=O) groups is 1. The van der Waals surface area contributed by atoms with Crippen LogP contribution in [-0.4, -0.2) is 81.0 Å². The molecule has 6 nitrogen and oxygen atoms in total. The van der Waals surface area contributed by atoms with Crippen LogP contribution in [-0.2, 0) is 9.47 Å². The molecule has 1 aliphatic carbocycles. The molecule has 3 fully saturated rings. The second-order valence-corrected chi connectivity index (χ2v) is 8.20. The minimum absolute atomic E-state index is 0.0572. The van der Waals surface area contributed by atoms with E-state index in [0.717, 1.165) is 26.1 Å². The van der Waals surface area contributed by atoms with Gasteiger partial charge in [-0.2, -0.15) is 0 Å². The predicted octanol–water partition coefficient (Wildman–Crippen LogP) is 1.70. The van der Waals surface area contributed by atoms with Crippen LogP contribution in [0.5, 0.6) is 0 Å². The summed E-state index contributed by atoms with van der Waals surface area (Å²) in [4.78, 5) is 16.9. The molecule has 2 aliphatic heterocycles. The molecule has 6 heteroatoms. The molecule has 24 heavy (non-hydrogen) atoms. The first kappa shape index (κ1) is 18.0. The lowest BCUT2D eigenvalue weighted by molar-refractivity contribution is -0.125. The van der Waals surface area contributed by atoms with Crippen molar-refractivity contribution in [2.45, 2.75) is 50.7 Å². The number of hydrogen-bond acceptors (Lipinski definition) is 4. The van der Waals surface area contributed by atoms with Crippen molar-refractivity contribution in [2.75, 3.05) is 53.5 Å². The van der Waals surface area contributed by atoms with Gasteiger partial charge in [-0.15, -0.1) is 0 Å². The van der Waals surface area contributed by atoms with Crippen molar-refractivity contribution in [3.8, 4) is 0 Å². The van der Waals surface area contributed by atoms with E-state index in [1.165, 1.54) is 25.7 Å². The van der Waals surface area contributed by atoms with E-state index in [-0.39, 0.29) is 23.2 Å². The molecule has 3 rings (SSSR count). The number of ether oxygens (including phenoxy) is 2. The second kappa shape index (κ2) is 7.18. The van der Waals surface area contributed by atoms with Gasteiger partial charge in [0.25, 0.3) is 0 Å². The summed E-state index contributed by atoms with van der Waals surface area (Å²) in [6.45, 7) is 6.51. The molecule has 2 heterocycles. The quantitative estimate of drug-likeness (QED) is 0.847. The van der Waals surface area contributed by atoms with Gasteiger partial charge in [0.2, 0.25) is 0 Å². The third-order valence-corrected chi connectivity index (χ3v) is 6.06. The maximum absolute atomic E-state index is 12.7. The van der Waals surface area contributed by atoms with Crippen LogP contribution < -0.4 is 5.32 Å². The van der Waals surface area contributed by atoms with Gasteiger partial charge in [-0.3, -0.25) is 0 Å². The number of nitrogens with one attached hydrogen (secondary N) is 1. The number of amides is 2. The molecule has 1 spiro atoms. The summed E-state index contributed by atoms with van der Waals surface area (Å²) in [6.07, 6.45) is 5.91. The van der Waals surface area contributed by atoms with Gasteiger partial charge in [0.05, 0.1) is 19.3 Å². The van der Waals surface area contributed by atoms with Crippen molar-refractivity contribution < 1.29 is 14.3 Å². The molecule has 2 saturated heterocycles. The number of urea groups is 1. The Morgan fingerprint density at radius 1 is 1.25 bits per heavy atom. The fourth-order valence-electron chi connectivity index (χ4n) is 4.70. The van der Waals surface area contributed by atoms with Crippen molar-refractivity contribution >= 4 is 6.03 Å². The summed E-state index contributed by atoms with van der Waals surface area (Å²) in [5, 5.41) is 3.23. The van der Waals surface area contributed by atoms with Gasteiger partial charge in [0.15, 0.2) is 0 Å². The van der Waals surface area contributed by atoms with Crippen LogP contribution >= 0.6 is 0 Å². The van der Waals surface area contributed by atoms with E-state index in [9.17, 15) is 4.79 Å². The Morgan fingerprint density at radius 2 is 2.00 bits per heavy atom. The summed E-state index contributed by atoms with van der Waals surface area (Å²) >= 11 is 0.